The fourth-order valence-corrected chi connectivity index (χ4v) is 5.25. The number of pyridine rings is 1. The fourth-order valence-electron chi connectivity index (χ4n) is 5.25. The maximum atomic E-state index is 15.5. The molecule has 0 atom stereocenters. The minimum absolute atomic E-state index is 0.0832. The average Bonchev–Trinajstić information content (AvgIpc) is 2.95. The molecule has 41 heavy (non-hydrogen) atoms. The minimum Gasteiger partial charge on any atom is -0.367 e. The van der Waals surface area contributed by atoms with Crippen LogP contribution in [-0.2, 0) is 6.18 Å². The summed E-state index contributed by atoms with van der Waals surface area (Å²) < 4.78 is 56.5. The molecule has 0 radical (unpaired) electrons. The van der Waals surface area contributed by atoms with Gasteiger partial charge in [-0.25, -0.2) is 14.4 Å². The highest BCUT2D eigenvalue weighted by Crippen LogP contribution is 2.36. The number of rotatable bonds is 6. The largest absolute Gasteiger partial charge is 0.417 e. The highest BCUT2D eigenvalue weighted by Gasteiger charge is 2.36. The number of H-pyrrole nitrogens is 1. The Labute approximate surface area is 234 Å². The smallest absolute Gasteiger partial charge is 0.367 e. The summed E-state index contributed by atoms with van der Waals surface area (Å²) in [6, 6.07) is 3.27. The van der Waals surface area contributed by atoms with Gasteiger partial charge in [-0.05, 0) is 32.0 Å². The molecule has 2 aliphatic rings. The molecular weight excluding hydrogens is 542 g/mol. The van der Waals surface area contributed by atoms with Gasteiger partial charge in [-0.3, -0.25) is 9.59 Å². The van der Waals surface area contributed by atoms with Crippen LogP contribution >= 0.6 is 0 Å². The number of nitrogens with one attached hydrogen (secondary N) is 3. The van der Waals surface area contributed by atoms with Crippen molar-refractivity contribution in [2.45, 2.75) is 44.3 Å². The number of carbonyl (C=O) groups excluding carboxylic acids is 1. The number of benzene rings is 1. The molecule has 2 aromatic heterocycles. The molecule has 0 bridgehead atoms. The molecule has 1 saturated carbocycles. The molecule has 9 nitrogen and oxygen atoms in total. The SMILES string of the molecule is CN1CCN(c2cc(F)c(-c3cnc(NC4CCCCC4)nc3)cc2NC(=O)c2c[nH]c(=O)cc2C(F)(F)F)CC1. The molecule has 3 aromatic rings. The van der Waals surface area contributed by atoms with E-state index in [1.165, 1.54) is 30.9 Å². The van der Waals surface area contributed by atoms with Gasteiger partial charge in [-0.2, -0.15) is 13.2 Å². The third-order valence-electron chi connectivity index (χ3n) is 7.55. The number of aromatic amines is 1. The Hall–Kier alpha value is -4.00. The first kappa shape index (κ1) is 28.5. The Morgan fingerprint density at radius 2 is 1.71 bits per heavy atom. The van der Waals surface area contributed by atoms with Crippen molar-refractivity contribution in [2.75, 3.05) is 48.8 Å². The van der Waals surface area contributed by atoms with Crippen molar-refractivity contribution < 1.29 is 22.4 Å². The fraction of sp³-hybridized carbons (Fsp3) is 0.429. The van der Waals surface area contributed by atoms with Crippen LogP contribution in [0.3, 0.4) is 0 Å². The maximum Gasteiger partial charge on any atom is 0.417 e. The topological polar surface area (TPSA) is 106 Å². The number of amides is 1. The summed E-state index contributed by atoms with van der Waals surface area (Å²) in [6.45, 7) is 2.40. The standard InChI is InChI=1S/C28H31F4N7O2/c1-38-7-9-39(10-8-38)24-13-22(29)19(17-14-34-27(35-15-17)36-18-5-3-2-4-6-18)11-23(24)37-26(41)20-16-33-25(40)12-21(20)28(30,31)32/h11-16,18H,2-10H2,1H3,(H,33,40)(H,37,41)(H,34,35,36). The summed E-state index contributed by atoms with van der Waals surface area (Å²) in [5, 5.41) is 5.84. The Kier molecular flexibility index (Phi) is 8.25. The zero-order chi connectivity index (χ0) is 29.1. The van der Waals surface area contributed by atoms with Crippen molar-refractivity contribution in [1.82, 2.24) is 19.9 Å². The lowest BCUT2D eigenvalue weighted by Crippen LogP contribution is -2.44. The van der Waals surface area contributed by atoms with Crippen LogP contribution in [0.2, 0.25) is 0 Å². The first-order chi connectivity index (χ1) is 19.6. The first-order valence-electron chi connectivity index (χ1n) is 13.6. The molecule has 0 unspecified atom stereocenters. The summed E-state index contributed by atoms with van der Waals surface area (Å²) in [5.41, 5.74) is -2.22. The third-order valence-corrected chi connectivity index (χ3v) is 7.55. The number of alkyl halides is 3. The van der Waals surface area contributed by atoms with Crippen LogP contribution in [0.4, 0.5) is 34.9 Å². The highest BCUT2D eigenvalue weighted by atomic mass is 19.4. The first-order valence-corrected chi connectivity index (χ1v) is 13.6. The van der Waals surface area contributed by atoms with Crippen molar-refractivity contribution in [3.8, 4) is 11.1 Å². The molecule has 218 valence electrons. The van der Waals surface area contributed by atoms with Crippen LogP contribution in [0.1, 0.15) is 48.0 Å². The normalized spacial score (nSPS) is 17.0. The van der Waals surface area contributed by atoms with Crippen LogP contribution in [0, 0.1) is 5.82 Å². The molecule has 1 aliphatic heterocycles. The Balaban J connectivity index is 1.48. The number of anilines is 3. The monoisotopic (exact) mass is 573 g/mol. The third kappa shape index (κ3) is 6.67. The minimum atomic E-state index is -4.93. The van der Waals surface area contributed by atoms with Gasteiger partial charge >= 0.3 is 6.18 Å². The molecule has 1 aliphatic carbocycles. The van der Waals surface area contributed by atoms with Crippen LogP contribution < -0.4 is 21.1 Å². The zero-order valence-corrected chi connectivity index (χ0v) is 22.5. The van der Waals surface area contributed by atoms with Gasteiger partial charge in [-0.15, -0.1) is 0 Å². The average molecular weight is 574 g/mol. The van der Waals surface area contributed by atoms with E-state index in [9.17, 15) is 22.8 Å². The molecule has 1 amide bonds. The van der Waals surface area contributed by atoms with Gasteiger partial charge in [0.25, 0.3) is 5.91 Å². The van der Waals surface area contributed by atoms with Crippen molar-refractivity contribution in [2.24, 2.45) is 0 Å². The van der Waals surface area contributed by atoms with E-state index < -0.39 is 34.6 Å². The van der Waals surface area contributed by atoms with Gasteiger partial charge in [0, 0.05) is 68.0 Å². The quantitative estimate of drug-likeness (QED) is 0.366. The number of hydrogen-bond donors (Lipinski definition) is 3. The Morgan fingerprint density at radius 3 is 2.37 bits per heavy atom. The van der Waals surface area contributed by atoms with Crippen molar-refractivity contribution in [1.29, 1.82) is 0 Å². The van der Waals surface area contributed by atoms with E-state index in [4.69, 9.17) is 0 Å². The predicted molar refractivity (Wildman–Crippen MR) is 148 cm³/mol. The van der Waals surface area contributed by atoms with E-state index in [0.717, 1.165) is 31.9 Å². The van der Waals surface area contributed by atoms with E-state index in [-0.39, 0.29) is 17.3 Å². The molecule has 13 heteroatoms. The lowest BCUT2D eigenvalue weighted by Gasteiger charge is -2.35. The second kappa shape index (κ2) is 11.9. The summed E-state index contributed by atoms with van der Waals surface area (Å²) in [4.78, 5) is 39.5. The maximum absolute atomic E-state index is 15.5. The summed E-state index contributed by atoms with van der Waals surface area (Å²) >= 11 is 0. The predicted octanol–water partition coefficient (Wildman–Crippen LogP) is 4.74. The molecule has 1 aromatic carbocycles. The van der Waals surface area contributed by atoms with Crippen LogP contribution in [-0.4, -0.2) is 65.0 Å². The Bertz CT molecular complexity index is 1450. The van der Waals surface area contributed by atoms with E-state index in [1.807, 2.05) is 11.9 Å². The van der Waals surface area contributed by atoms with Gasteiger partial charge in [0.15, 0.2) is 0 Å². The lowest BCUT2D eigenvalue weighted by atomic mass is 9.96. The summed E-state index contributed by atoms with van der Waals surface area (Å²) in [6.07, 6.45) is 4.29. The highest BCUT2D eigenvalue weighted by molar-refractivity contribution is 6.07. The number of aromatic nitrogens is 3. The number of hydrogen-bond acceptors (Lipinski definition) is 7. The number of likely N-dealkylation sites (N-methyl/N-ethyl adjacent to an activating group) is 1. The molecule has 3 N–H and O–H groups in total. The number of carbonyl (C=O) groups is 1. The van der Waals surface area contributed by atoms with Gasteiger partial charge in [0.05, 0.1) is 22.5 Å². The summed E-state index contributed by atoms with van der Waals surface area (Å²) in [7, 11) is 1.95. The number of halogens is 4. The summed E-state index contributed by atoms with van der Waals surface area (Å²) in [5.74, 6) is -1.25. The van der Waals surface area contributed by atoms with Crippen LogP contribution in [0.15, 0.2) is 41.6 Å². The second-order valence-electron chi connectivity index (χ2n) is 10.5. The van der Waals surface area contributed by atoms with Gasteiger partial charge in [0.1, 0.15) is 5.82 Å². The molecule has 2 fully saturated rings. The van der Waals surface area contributed by atoms with E-state index in [1.54, 1.807) is 0 Å². The van der Waals surface area contributed by atoms with Crippen molar-refractivity contribution >= 4 is 23.2 Å². The van der Waals surface area contributed by atoms with Crippen LogP contribution in [0.5, 0.6) is 0 Å². The Morgan fingerprint density at radius 1 is 1.02 bits per heavy atom. The zero-order valence-electron chi connectivity index (χ0n) is 22.5. The van der Waals surface area contributed by atoms with Crippen molar-refractivity contribution in [3.63, 3.8) is 0 Å². The van der Waals surface area contributed by atoms with Gasteiger partial charge in [0.2, 0.25) is 11.5 Å². The van der Waals surface area contributed by atoms with E-state index >= 15 is 4.39 Å². The van der Waals surface area contributed by atoms with Gasteiger partial charge in [-0.1, -0.05) is 19.3 Å². The van der Waals surface area contributed by atoms with E-state index in [0.29, 0.717) is 49.4 Å². The van der Waals surface area contributed by atoms with Crippen LogP contribution in [0.25, 0.3) is 11.1 Å². The number of piperazine rings is 1. The molecule has 5 rings (SSSR count). The second-order valence-corrected chi connectivity index (χ2v) is 10.5. The van der Waals surface area contributed by atoms with Crippen molar-refractivity contribution in [3.05, 3.63) is 64.1 Å². The number of nitrogens with zero attached hydrogens (tertiary/aromatic N) is 4. The van der Waals surface area contributed by atoms with Gasteiger partial charge < -0.3 is 25.4 Å². The van der Waals surface area contributed by atoms with E-state index in [2.05, 4.69) is 30.5 Å². The molecular formula is C28H31F4N7O2. The lowest BCUT2D eigenvalue weighted by molar-refractivity contribution is -0.138. The molecule has 0 spiro atoms. The molecule has 1 saturated heterocycles. The molecule has 3 heterocycles.